The summed E-state index contributed by atoms with van der Waals surface area (Å²) in [5.41, 5.74) is -0.292. The predicted molar refractivity (Wildman–Crippen MR) is 105 cm³/mol. The number of hydrogen-bond donors (Lipinski definition) is 2. The lowest BCUT2D eigenvalue weighted by molar-refractivity contribution is -0.135. The summed E-state index contributed by atoms with van der Waals surface area (Å²) in [7, 11) is 0. The maximum atomic E-state index is 13.5. The van der Waals surface area contributed by atoms with E-state index in [-0.39, 0.29) is 42.0 Å². The van der Waals surface area contributed by atoms with Crippen molar-refractivity contribution in [2.45, 2.75) is 88.2 Å². The van der Waals surface area contributed by atoms with Crippen LogP contribution >= 0.6 is 0 Å². The van der Waals surface area contributed by atoms with E-state index in [1.54, 1.807) is 0 Å². The number of alkyl halides is 2. The standard InChI is InChI=1S/C21H32F2N4O3/c1-13(2)20(7-9-27(10-8-20)18(29)16-11-15(28)12-24-16)19-25-17(30-26-19)14-3-5-21(22,23)6-4-14/h13-16,24,28H,3-12H2,1-2H3/t15-,16-/m0/s1. The van der Waals surface area contributed by atoms with Gasteiger partial charge >= 0.3 is 0 Å². The molecule has 3 aliphatic rings. The van der Waals surface area contributed by atoms with Gasteiger partial charge in [0.25, 0.3) is 0 Å². The summed E-state index contributed by atoms with van der Waals surface area (Å²) in [6.07, 6.45) is 1.92. The molecule has 4 rings (SSSR count). The van der Waals surface area contributed by atoms with Gasteiger partial charge in [-0.05, 0) is 38.0 Å². The molecule has 1 saturated carbocycles. The minimum Gasteiger partial charge on any atom is -0.392 e. The number of β-amino-alcohol motifs (C(OH)–C–C–N with tert-alkyl or cyclic N) is 1. The Morgan fingerprint density at radius 1 is 1.23 bits per heavy atom. The largest absolute Gasteiger partial charge is 0.392 e. The number of hydrogen-bond acceptors (Lipinski definition) is 6. The van der Waals surface area contributed by atoms with Crippen LogP contribution < -0.4 is 5.32 Å². The van der Waals surface area contributed by atoms with Crippen molar-refractivity contribution >= 4 is 5.91 Å². The molecule has 1 aliphatic carbocycles. The van der Waals surface area contributed by atoms with Crippen molar-refractivity contribution in [2.75, 3.05) is 19.6 Å². The van der Waals surface area contributed by atoms with Crippen molar-refractivity contribution in [3.63, 3.8) is 0 Å². The molecule has 2 aliphatic heterocycles. The second kappa shape index (κ2) is 8.15. The van der Waals surface area contributed by atoms with Crippen LogP contribution in [-0.2, 0) is 10.2 Å². The molecular weight excluding hydrogens is 394 g/mol. The Labute approximate surface area is 175 Å². The van der Waals surface area contributed by atoms with E-state index in [4.69, 9.17) is 4.52 Å². The molecule has 2 N–H and O–H groups in total. The molecule has 0 radical (unpaired) electrons. The fourth-order valence-corrected chi connectivity index (χ4v) is 5.20. The van der Waals surface area contributed by atoms with Gasteiger partial charge in [0.15, 0.2) is 5.82 Å². The first-order valence-corrected chi connectivity index (χ1v) is 11.1. The molecule has 0 bridgehead atoms. The number of nitrogens with one attached hydrogen (secondary N) is 1. The number of nitrogens with zero attached hydrogens (tertiary/aromatic N) is 3. The highest BCUT2D eigenvalue weighted by Gasteiger charge is 2.45. The second-order valence-electron chi connectivity index (χ2n) is 9.57. The molecule has 3 heterocycles. The highest BCUT2D eigenvalue weighted by molar-refractivity contribution is 5.82. The number of carbonyl (C=O) groups excluding carboxylic acids is 1. The van der Waals surface area contributed by atoms with Crippen LogP contribution in [0.5, 0.6) is 0 Å². The lowest BCUT2D eigenvalue weighted by Gasteiger charge is -2.43. The van der Waals surface area contributed by atoms with Gasteiger partial charge in [0.1, 0.15) is 0 Å². The van der Waals surface area contributed by atoms with Crippen LogP contribution in [0.4, 0.5) is 8.78 Å². The van der Waals surface area contributed by atoms with Gasteiger partial charge in [0.2, 0.25) is 17.7 Å². The van der Waals surface area contributed by atoms with Gasteiger partial charge in [0.05, 0.1) is 12.1 Å². The first-order chi connectivity index (χ1) is 14.2. The zero-order chi connectivity index (χ0) is 21.5. The van der Waals surface area contributed by atoms with Crippen molar-refractivity contribution in [1.82, 2.24) is 20.4 Å². The van der Waals surface area contributed by atoms with Crippen LogP contribution in [0, 0.1) is 5.92 Å². The molecule has 7 nitrogen and oxygen atoms in total. The number of halogens is 2. The van der Waals surface area contributed by atoms with E-state index in [1.807, 2.05) is 4.90 Å². The number of likely N-dealkylation sites (tertiary alicyclic amines) is 1. The molecular formula is C21H32F2N4O3. The van der Waals surface area contributed by atoms with Crippen LogP contribution in [0.25, 0.3) is 0 Å². The Kier molecular flexibility index (Phi) is 5.87. The lowest BCUT2D eigenvalue weighted by Crippen LogP contribution is -2.52. The second-order valence-corrected chi connectivity index (χ2v) is 9.57. The van der Waals surface area contributed by atoms with Crippen molar-refractivity contribution in [1.29, 1.82) is 0 Å². The number of amides is 1. The number of aromatic nitrogens is 2. The summed E-state index contributed by atoms with van der Waals surface area (Å²) in [5, 5.41) is 17.1. The lowest BCUT2D eigenvalue weighted by atomic mass is 9.69. The molecule has 2 atom stereocenters. The Bertz CT molecular complexity index is 751. The van der Waals surface area contributed by atoms with Gasteiger partial charge < -0.3 is 19.8 Å². The molecule has 1 amide bonds. The third kappa shape index (κ3) is 4.10. The maximum Gasteiger partial charge on any atom is 0.248 e. The van der Waals surface area contributed by atoms with E-state index in [0.717, 1.165) is 12.8 Å². The van der Waals surface area contributed by atoms with Crippen molar-refractivity contribution in [2.24, 2.45) is 5.92 Å². The van der Waals surface area contributed by atoms with Crippen LogP contribution in [-0.4, -0.2) is 63.8 Å². The Hall–Kier alpha value is -1.61. The average molecular weight is 427 g/mol. The minimum absolute atomic E-state index is 0.0424. The van der Waals surface area contributed by atoms with E-state index < -0.39 is 12.0 Å². The van der Waals surface area contributed by atoms with Gasteiger partial charge in [-0.3, -0.25) is 4.79 Å². The number of carbonyl (C=O) groups is 1. The fraction of sp³-hybridized carbons (Fsp3) is 0.857. The molecule has 30 heavy (non-hydrogen) atoms. The normalized spacial score (nSPS) is 29.5. The van der Waals surface area contributed by atoms with E-state index in [2.05, 4.69) is 29.3 Å². The zero-order valence-electron chi connectivity index (χ0n) is 17.7. The predicted octanol–water partition coefficient (Wildman–Crippen LogP) is 2.60. The van der Waals surface area contributed by atoms with E-state index in [9.17, 15) is 18.7 Å². The SMILES string of the molecule is CC(C)C1(c2noc(C3CCC(F)(F)CC3)n2)CCN(C(=O)[C@@H]2C[C@H](O)CN2)CC1. The van der Waals surface area contributed by atoms with Crippen LogP contribution in [0.2, 0.25) is 0 Å². The first-order valence-electron chi connectivity index (χ1n) is 11.1. The van der Waals surface area contributed by atoms with Crippen molar-refractivity contribution < 1.29 is 23.2 Å². The molecule has 1 aromatic heterocycles. The topological polar surface area (TPSA) is 91.5 Å². The van der Waals surface area contributed by atoms with Crippen LogP contribution in [0.1, 0.15) is 76.4 Å². The quantitative estimate of drug-likeness (QED) is 0.769. The molecule has 9 heteroatoms. The highest BCUT2D eigenvalue weighted by atomic mass is 19.3. The highest BCUT2D eigenvalue weighted by Crippen LogP contribution is 2.43. The third-order valence-electron chi connectivity index (χ3n) is 7.43. The Morgan fingerprint density at radius 3 is 2.47 bits per heavy atom. The summed E-state index contributed by atoms with van der Waals surface area (Å²) >= 11 is 0. The average Bonchev–Trinajstić information content (AvgIpc) is 3.37. The van der Waals surface area contributed by atoms with Crippen LogP contribution in [0.15, 0.2) is 4.52 Å². The molecule has 0 aromatic carbocycles. The number of piperidine rings is 1. The monoisotopic (exact) mass is 426 g/mol. The molecule has 0 unspecified atom stereocenters. The summed E-state index contributed by atoms with van der Waals surface area (Å²) in [4.78, 5) is 19.3. The number of rotatable bonds is 4. The molecule has 2 saturated heterocycles. The minimum atomic E-state index is -2.58. The molecule has 0 spiro atoms. The smallest absolute Gasteiger partial charge is 0.248 e. The van der Waals surface area contributed by atoms with Crippen LogP contribution in [0.3, 0.4) is 0 Å². The van der Waals surface area contributed by atoms with E-state index in [1.165, 1.54) is 0 Å². The molecule has 1 aromatic rings. The fourth-order valence-electron chi connectivity index (χ4n) is 5.20. The summed E-state index contributed by atoms with van der Waals surface area (Å²) in [6, 6.07) is -0.312. The van der Waals surface area contributed by atoms with E-state index >= 15 is 0 Å². The van der Waals surface area contributed by atoms with Gasteiger partial charge in [-0.1, -0.05) is 19.0 Å². The van der Waals surface area contributed by atoms with Crippen molar-refractivity contribution in [3.05, 3.63) is 11.7 Å². The summed E-state index contributed by atoms with van der Waals surface area (Å²) in [6.45, 7) is 5.92. The number of aliphatic hydroxyl groups is 1. The van der Waals surface area contributed by atoms with E-state index in [0.29, 0.717) is 50.6 Å². The van der Waals surface area contributed by atoms with Gasteiger partial charge in [-0.25, -0.2) is 8.78 Å². The molecule has 168 valence electrons. The zero-order valence-corrected chi connectivity index (χ0v) is 17.7. The van der Waals surface area contributed by atoms with Gasteiger partial charge in [0, 0.05) is 43.8 Å². The Balaban J connectivity index is 1.43. The maximum absolute atomic E-state index is 13.5. The first kappa shape index (κ1) is 21.6. The Morgan fingerprint density at radius 2 is 1.90 bits per heavy atom. The molecule has 3 fully saturated rings. The van der Waals surface area contributed by atoms with Gasteiger partial charge in [-0.15, -0.1) is 0 Å². The van der Waals surface area contributed by atoms with Gasteiger partial charge in [-0.2, -0.15) is 4.98 Å². The van der Waals surface area contributed by atoms with Crippen molar-refractivity contribution in [3.8, 4) is 0 Å². The third-order valence-corrected chi connectivity index (χ3v) is 7.43. The summed E-state index contributed by atoms with van der Waals surface area (Å²) in [5.74, 6) is -1.27. The summed E-state index contributed by atoms with van der Waals surface area (Å²) < 4.78 is 32.5. The number of aliphatic hydroxyl groups excluding tert-OH is 1.